The van der Waals surface area contributed by atoms with Crippen molar-refractivity contribution in [3.63, 3.8) is 0 Å². The number of hydrogen-bond acceptors (Lipinski definition) is 0. The minimum atomic E-state index is -0.147. The van der Waals surface area contributed by atoms with E-state index >= 15 is 0 Å². The fourth-order valence-electron chi connectivity index (χ4n) is 11.0. The van der Waals surface area contributed by atoms with Crippen LogP contribution in [0.3, 0.4) is 0 Å². The van der Waals surface area contributed by atoms with Gasteiger partial charge in [-0.2, -0.15) is 0 Å². The van der Waals surface area contributed by atoms with E-state index in [1.165, 1.54) is 121 Å². The predicted molar refractivity (Wildman–Crippen MR) is 259 cm³/mol. The highest BCUT2D eigenvalue weighted by molar-refractivity contribution is 6.26. The second kappa shape index (κ2) is 13.2. The van der Waals surface area contributed by atoms with Crippen molar-refractivity contribution in [1.82, 2.24) is 0 Å². The van der Waals surface area contributed by atoms with Gasteiger partial charge in [0.15, 0.2) is 0 Å². The molecule has 0 amide bonds. The van der Waals surface area contributed by atoms with E-state index in [9.17, 15) is 0 Å². The first-order valence-electron chi connectivity index (χ1n) is 21.5. The van der Waals surface area contributed by atoms with Crippen molar-refractivity contribution in [2.45, 2.75) is 32.6 Å². The molecule has 1 atom stereocenters. The molecule has 0 aromatic heterocycles. The number of benzene rings is 10. The zero-order chi connectivity index (χ0) is 40.1. The maximum absolute atomic E-state index is 2.56. The molecule has 0 heteroatoms. The van der Waals surface area contributed by atoms with Gasteiger partial charge in [-0.1, -0.05) is 203 Å². The van der Waals surface area contributed by atoms with Gasteiger partial charge in [0, 0.05) is 5.41 Å². The van der Waals surface area contributed by atoms with E-state index in [0.717, 1.165) is 6.42 Å². The SMILES string of the molecule is CC1C=CC(c2c3ccccc3c(-c3ccc4c(-c5ccccc5)c5ccccc5c(-c5cc6c(c7ccccc57)-c5ccccc5C6(C)C)c4c3)c3ccccc23)=CC1. The minimum Gasteiger partial charge on any atom is -0.0808 e. The molecule has 10 aromatic rings. The Morgan fingerprint density at radius 2 is 0.883 bits per heavy atom. The largest absolute Gasteiger partial charge is 0.0808 e. The molecule has 60 heavy (non-hydrogen) atoms. The van der Waals surface area contributed by atoms with Crippen molar-refractivity contribution in [2.75, 3.05) is 0 Å². The van der Waals surface area contributed by atoms with Crippen LogP contribution >= 0.6 is 0 Å². The molecule has 12 rings (SSSR count). The molecule has 0 nitrogen and oxygen atoms in total. The fourth-order valence-corrected chi connectivity index (χ4v) is 11.0. The van der Waals surface area contributed by atoms with Crippen LogP contribution in [0.2, 0.25) is 0 Å². The lowest BCUT2D eigenvalue weighted by atomic mass is 9.78. The Bertz CT molecular complexity index is 3430. The normalized spacial score (nSPS) is 15.5. The van der Waals surface area contributed by atoms with Crippen molar-refractivity contribution in [3.8, 4) is 44.5 Å². The van der Waals surface area contributed by atoms with Crippen LogP contribution in [-0.4, -0.2) is 0 Å². The van der Waals surface area contributed by atoms with E-state index in [4.69, 9.17) is 0 Å². The topological polar surface area (TPSA) is 0 Å². The molecule has 0 aliphatic heterocycles. The van der Waals surface area contributed by atoms with Gasteiger partial charge in [-0.25, -0.2) is 0 Å². The molecule has 284 valence electrons. The smallest absolute Gasteiger partial charge is 0.0159 e. The van der Waals surface area contributed by atoms with E-state index in [-0.39, 0.29) is 5.41 Å². The lowest BCUT2D eigenvalue weighted by Crippen LogP contribution is -2.15. The first kappa shape index (κ1) is 35.0. The van der Waals surface area contributed by atoms with Gasteiger partial charge in [0.05, 0.1) is 0 Å². The first-order valence-corrected chi connectivity index (χ1v) is 21.5. The van der Waals surface area contributed by atoms with E-state index in [1.54, 1.807) is 0 Å². The van der Waals surface area contributed by atoms with Gasteiger partial charge in [0.2, 0.25) is 0 Å². The molecule has 10 aromatic carbocycles. The predicted octanol–water partition coefficient (Wildman–Crippen LogP) is 16.7. The van der Waals surface area contributed by atoms with Gasteiger partial charge in [-0.15, -0.1) is 0 Å². The minimum absolute atomic E-state index is 0.147. The van der Waals surface area contributed by atoms with Gasteiger partial charge in [-0.3, -0.25) is 0 Å². The van der Waals surface area contributed by atoms with E-state index in [0.29, 0.717) is 5.92 Å². The van der Waals surface area contributed by atoms with Gasteiger partial charge >= 0.3 is 0 Å². The van der Waals surface area contributed by atoms with Crippen LogP contribution in [0, 0.1) is 5.92 Å². The molecule has 2 aliphatic rings. The highest BCUT2D eigenvalue weighted by atomic mass is 14.4. The molecule has 1 unspecified atom stereocenters. The Kier molecular flexibility index (Phi) is 7.72. The average molecular weight is 765 g/mol. The summed E-state index contributed by atoms with van der Waals surface area (Å²) in [4.78, 5) is 0. The summed E-state index contributed by atoms with van der Waals surface area (Å²) in [7, 11) is 0. The average Bonchev–Trinajstić information content (AvgIpc) is 3.53. The number of allylic oxidation sites excluding steroid dienone is 4. The highest BCUT2D eigenvalue weighted by Crippen LogP contribution is 2.55. The summed E-state index contributed by atoms with van der Waals surface area (Å²) < 4.78 is 0. The van der Waals surface area contributed by atoms with E-state index in [1.807, 2.05) is 0 Å². The Morgan fingerprint density at radius 3 is 1.50 bits per heavy atom. The molecule has 0 spiro atoms. The first-order chi connectivity index (χ1) is 29.5. The highest BCUT2D eigenvalue weighted by Gasteiger charge is 2.37. The van der Waals surface area contributed by atoms with Crippen molar-refractivity contribution < 1.29 is 0 Å². The van der Waals surface area contributed by atoms with E-state index in [2.05, 4.69) is 215 Å². The summed E-state index contributed by atoms with van der Waals surface area (Å²) in [5, 5.41) is 12.9. The quantitative estimate of drug-likeness (QED) is 0.157. The Balaban J connectivity index is 1.23. The zero-order valence-electron chi connectivity index (χ0n) is 34.3. The molecule has 0 N–H and O–H groups in total. The van der Waals surface area contributed by atoms with Crippen LogP contribution in [0.4, 0.5) is 0 Å². The number of hydrogen-bond donors (Lipinski definition) is 0. The molecular formula is C60H44. The van der Waals surface area contributed by atoms with Gasteiger partial charge in [0.25, 0.3) is 0 Å². The summed E-state index contributed by atoms with van der Waals surface area (Å²) in [5.41, 5.74) is 15.7. The summed E-state index contributed by atoms with van der Waals surface area (Å²) in [6.45, 7) is 7.11. The maximum Gasteiger partial charge on any atom is 0.0159 e. The van der Waals surface area contributed by atoms with Crippen molar-refractivity contribution in [2.24, 2.45) is 5.92 Å². The Labute approximate surface area is 351 Å². The fraction of sp³-hybridized carbons (Fsp3) is 0.100. The van der Waals surface area contributed by atoms with Crippen molar-refractivity contribution in [3.05, 3.63) is 211 Å². The monoisotopic (exact) mass is 764 g/mol. The van der Waals surface area contributed by atoms with Crippen LogP contribution in [-0.2, 0) is 5.41 Å². The molecule has 0 heterocycles. The Morgan fingerprint density at radius 1 is 0.383 bits per heavy atom. The molecule has 0 fully saturated rings. The van der Waals surface area contributed by atoms with E-state index < -0.39 is 0 Å². The van der Waals surface area contributed by atoms with Crippen LogP contribution in [0.25, 0.3) is 104 Å². The van der Waals surface area contributed by atoms with Crippen LogP contribution < -0.4 is 0 Å². The molecule has 0 bridgehead atoms. The van der Waals surface area contributed by atoms with Crippen molar-refractivity contribution >= 4 is 59.4 Å². The third-order valence-corrected chi connectivity index (χ3v) is 13.8. The Hall–Kier alpha value is -7.02. The third-order valence-electron chi connectivity index (χ3n) is 13.8. The standard InChI is InChI=1S/C60H44/c1-37-29-31-39(32-30-37)56-43-21-9-11-23-45(43)57(46-24-12-10-22-44(46)56)40-33-34-49-51(35-40)58(48-26-14-13-25-47(48)55(49)38-17-5-4-6-18-38)52-36-54-59(42-20-8-7-19-41(42)52)50-27-15-16-28-53(50)60(54,2)3/h4-29,31-37H,30H2,1-3H3. The van der Waals surface area contributed by atoms with Crippen molar-refractivity contribution in [1.29, 1.82) is 0 Å². The third kappa shape index (κ3) is 5.04. The lowest BCUT2D eigenvalue weighted by molar-refractivity contribution is 0.661. The second-order valence-corrected chi connectivity index (χ2v) is 17.6. The summed E-state index contributed by atoms with van der Waals surface area (Å²) >= 11 is 0. The molecule has 2 aliphatic carbocycles. The molecule has 0 saturated carbocycles. The van der Waals surface area contributed by atoms with Gasteiger partial charge in [-0.05, 0) is 145 Å². The number of rotatable bonds is 4. The van der Waals surface area contributed by atoms with Crippen LogP contribution in [0.5, 0.6) is 0 Å². The molecule has 0 radical (unpaired) electrons. The zero-order valence-corrected chi connectivity index (χ0v) is 34.3. The van der Waals surface area contributed by atoms with Crippen LogP contribution in [0.1, 0.15) is 43.9 Å². The summed E-state index contributed by atoms with van der Waals surface area (Å²) in [6.07, 6.45) is 8.22. The lowest BCUT2D eigenvalue weighted by Gasteiger charge is -2.25. The molecule has 0 saturated heterocycles. The maximum atomic E-state index is 2.56. The molecular weight excluding hydrogens is 721 g/mol. The van der Waals surface area contributed by atoms with Gasteiger partial charge < -0.3 is 0 Å². The van der Waals surface area contributed by atoms with Gasteiger partial charge in [0.1, 0.15) is 0 Å². The summed E-state index contributed by atoms with van der Waals surface area (Å²) in [6, 6.07) is 66.4. The van der Waals surface area contributed by atoms with Crippen LogP contribution in [0.15, 0.2) is 194 Å². The number of fused-ring (bicyclic) bond motifs is 9. The summed E-state index contributed by atoms with van der Waals surface area (Å²) in [5.74, 6) is 0.554. The second-order valence-electron chi connectivity index (χ2n) is 17.6.